The third-order valence-electron chi connectivity index (χ3n) is 4.89. The van der Waals surface area contributed by atoms with E-state index in [9.17, 15) is 4.79 Å². The fourth-order valence-corrected chi connectivity index (χ4v) is 3.34. The molecule has 0 saturated carbocycles. The van der Waals surface area contributed by atoms with Gasteiger partial charge in [0.1, 0.15) is 0 Å². The van der Waals surface area contributed by atoms with E-state index in [0.717, 1.165) is 32.7 Å². The smallest absolute Gasteiger partial charge is 0.253 e. The molecule has 2 aromatic heterocycles. The summed E-state index contributed by atoms with van der Waals surface area (Å²) < 4.78 is 4.80. The Morgan fingerprint density at radius 3 is 2.56 bits per heavy atom. The molecule has 0 aliphatic heterocycles. The van der Waals surface area contributed by atoms with E-state index in [0.29, 0.717) is 18.7 Å². The Bertz CT molecular complexity index is 988. The average Bonchev–Trinajstić information content (AvgIpc) is 3.09. The van der Waals surface area contributed by atoms with Crippen LogP contribution < -0.4 is 0 Å². The molecule has 0 saturated heterocycles. The van der Waals surface area contributed by atoms with E-state index in [1.807, 2.05) is 74.7 Å². The van der Waals surface area contributed by atoms with Crippen LogP contribution in [-0.2, 0) is 20.1 Å². The van der Waals surface area contributed by atoms with Crippen LogP contribution in [0.1, 0.15) is 38.6 Å². The summed E-state index contributed by atoms with van der Waals surface area (Å²) >= 11 is 3.56. The molecule has 3 rings (SSSR count). The number of carbonyl (C=O) groups excluding carboxylic acids is 1. The molecule has 2 heterocycles. The maximum absolute atomic E-state index is 12.9. The fraction of sp³-hybridized carbons (Fsp3) is 0.350. The van der Waals surface area contributed by atoms with Gasteiger partial charge in [-0.1, -0.05) is 12.1 Å². The number of nitrogens with zero attached hydrogens (tertiary/aromatic N) is 5. The zero-order chi connectivity index (χ0) is 19.7. The zero-order valence-corrected chi connectivity index (χ0v) is 17.9. The Kier molecular flexibility index (Phi) is 5.51. The van der Waals surface area contributed by atoms with E-state index < -0.39 is 0 Å². The van der Waals surface area contributed by atoms with Crippen molar-refractivity contribution >= 4 is 21.8 Å². The molecule has 0 radical (unpaired) electrons. The third kappa shape index (κ3) is 3.98. The number of rotatable bonds is 5. The SMILES string of the molecule is Cc1nn(Cc2cccc(C(=O)N(C)Cc3cnn(C)c3C)c2)c(C)c1Br. The lowest BCUT2D eigenvalue weighted by atomic mass is 10.1. The Morgan fingerprint density at radius 2 is 1.96 bits per heavy atom. The molecular formula is C20H24BrN5O. The van der Waals surface area contributed by atoms with Crippen molar-refractivity contribution < 1.29 is 4.79 Å². The van der Waals surface area contributed by atoms with Crippen molar-refractivity contribution in [3.05, 3.63) is 68.7 Å². The van der Waals surface area contributed by atoms with Gasteiger partial charge in [-0.05, 0) is 54.4 Å². The maximum atomic E-state index is 12.9. The van der Waals surface area contributed by atoms with Crippen LogP contribution in [0.5, 0.6) is 0 Å². The number of aryl methyl sites for hydroxylation is 2. The molecule has 0 atom stereocenters. The monoisotopic (exact) mass is 429 g/mol. The molecule has 1 amide bonds. The normalized spacial score (nSPS) is 11.0. The van der Waals surface area contributed by atoms with Crippen LogP contribution in [0.4, 0.5) is 0 Å². The first-order valence-electron chi connectivity index (χ1n) is 8.79. The first-order chi connectivity index (χ1) is 12.8. The fourth-order valence-electron chi connectivity index (χ4n) is 3.05. The Hall–Kier alpha value is -2.41. The highest BCUT2D eigenvalue weighted by atomic mass is 79.9. The van der Waals surface area contributed by atoms with Crippen LogP contribution in [-0.4, -0.2) is 37.4 Å². The highest BCUT2D eigenvalue weighted by Crippen LogP contribution is 2.21. The Labute approximate surface area is 167 Å². The lowest BCUT2D eigenvalue weighted by Crippen LogP contribution is -2.26. The maximum Gasteiger partial charge on any atom is 0.253 e. The molecule has 7 heteroatoms. The molecule has 142 valence electrons. The quantitative estimate of drug-likeness (QED) is 0.621. The van der Waals surface area contributed by atoms with Crippen molar-refractivity contribution in [2.45, 2.75) is 33.9 Å². The van der Waals surface area contributed by atoms with Crippen LogP contribution in [0.25, 0.3) is 0 Å². The van der Waals surface area contributed by atoms with Gasteiger partial charge in [-0.3, -0.25) is 14.2 Å². The number of aromatic nitrogens is 4. The molecule has 0 unspecified atom stereocenters. The molecule has 6 nitrogen and oxygen atoms in total. The number of halogens is 1. The standard InChI is InChI=1S/C20H24BrN5O/c1-13-19(21)15(3)26(23-13)11-16-7-6-8-17(9-16)20(27)24(4)12-18-10-22-25(5)14(18)2/h6-10H,11-12H2,1-5H3. The molecule has 27 heavy (non-hydrogen) atoms. The van der Waals surface area contributed by atoms with Gasteiger partial charge in [0.15, 0.2) is 0 Å². The van der Waals surface area contributed by atoms with E-state index in [-0.39, 0.29) is 5.91 Å². The molecule has 0 aliphatic rings. The van der Waals surface area contributed by atoms with E-state index in [2.05, 4.69) is 26.1 Å². The van der Waals surface area contributed by atoms with Crippen LogP contribution in [0.2, 0.25) is 0 Å². The van der Waals surface area contributed by atoms with Crippen molar-refractivity contribution in [2.24, 2.45) is 7.05 Å². The van der Waals surface area contributed by atoms with Crippen molar-refractivity contribution in [1.82, 2.24) is 24.5 Å². The minimum atomic E-state index is -0.00495. The predicted octanol–water partition coefficient (Wildman–Crippen LogP) is 3.62. The molecule has 0 bridgehead atoms. The summed E-state index contributed by atoms with van der Waals surface area (Å²) in [5, 5.41) is 8.79. The zero-order valence-electron chi connectivity index (χ0n) is 16.3. The summed E-state index contributed by atoms with van der Waals surface area (Å²) in [6, 6.07) is 7.74. The van der Waals surface area contributed by atoms with Gasteiger partial charge in [0.25, 0.3) is 5.91 Å². The summed E-state index contributed by atoms with van der Waals surface area (Å²) in [5.41, 5.74) is 5.89. The highest BCUT2D eigenvalue weighted by molar-refractivity contribution is 9.10. The number of amides is 1. The van der Waals surface area contributed by atoms with E-state index in [4.69, 9.17) is 0 Å². The van der Waals surface area contributed by atoms with Crippen molar-refractivity contribution in [3.8, 4) is 0 Å². The molecular weight excluding hydrogens is 406 g/mol. The minimum Gasteiger partial charge on any atom is -0.337 e. The van der Waals surface area contributed by atoms with Crippen molar-refractivity contribution in [1.29, 1.82) is 0 Å². The van der Waals surface area contributed by atoms with Gasteiger partial charge in [0.2, 0.25) is 0 Å². The first-order valence-corrected chi connectivity index (χ1v) is 9.58. The van der Waals surface area contributed by atoms with Gasteiger partial charge >= 0.3 is 0 Å². The summed E-state index contributed by atoms with van der Waals surface area (Å²) in [7, 11) is 3.72. The number of carbonyl (C=O) groups is 1. The molecule has 1 aromatic carbocycles. The van der Waals surface area contributed by atoms with Crippen LogP contribution >= 0.6 is 15.9 Å². The van der Waals surface area contributed by atoms with E-state index >= 15 is 0 Å². The van der Waals surface area contributed by atoms with Gasteiger partial charge in [0, 0.05) is 37.5 Å². The second kappa shape index (κ2) is 7.68. The Morgan fingerprint density at radius 1 is 1.22 bits per heavy atom. The van der Waals surface area contributed by atoms with E-state index in [1.54, 1.807) is 4.90 Å². The predicted molar refractivity (Wildman–Crippen MR) is 109 cm³/mol. The van der Waals surface area contributed by atoms with Crippen LogP contribution in [0.3, 0.4) is 0 Å². The Balaban J connectivity index is 1.76. The summed E-state index contributed by atoms with van der Waals surface area (Å²) in [5.74, 6) is -0.00495. The van der Waals surface area contributed by atoms with Gasteiger partial charge in [-0.25, -0.2) is 0 Å². The largest absolute Gasteiger partial charge is 0.337 e. The van der Waals surface area contributed by atoms with Crippen LogP contribution in [0, 0.1) is 20.8 Å². The first kappa shape index (κ1) is 19.4. The third-order valence-corrected chi connectivity index (χ3v) is 6.04. The summed E-state index contributed by atoms with van der Waals surface area (Å²) in [4.78, 5) is 14.6. The molecule has 0 fully saturated rings. The van der Waals surface area contributed by atoms with Gasteiger partial charge in [-0.2, -0.15) is 10.2 Å². The molecule has 0 aliphatic carbocycles. The minimum absolute atomic E-state index is 0.00495. The summed E-state index contributed by atoms with van der Waals surface area (Å²) in [6.07, 6.45) is 1.82. The van der Waals surface area contributed by atoms with Crippen molar-refractivity contribution in [3.63, 3.8) is 0 Å². The van der Waals surface area contributed by atoms with E-state index in [1.165, 1.54) is 0 Å². The second-order valence-corrected chi connectivity index (χ2v) is 7.68. The highest BCUT2D eigenvalue weighted by Gasteiger charge is 2.15. The lowest BCUT2D eigenvalue weighted by molar-refractivity contribution is 0.0784. The number of hydrogen-bond donors (Lipinski definition) is 0. The van der Waals surface area contributed by atoms with Crippen LogP contribution in [0.15, 0.2) is 34.9 Å². The molecule has 0 N–H and O–H groups in total. The van der Waals surface area contributed by atoms with Crippen molar-refractivity contribution in [2.75, 3.05) is 7.05 Å². The lowest BCUT2D eigenvalue weighted by Gasteiger charge is -2.17. The topological polar surface area (TPSA) is 56.0 Å². The second-order valence-electron chi connectivity index (χ2n) is 6.88. The number of hydrogen-bond acceptors (Lipinski definition) is 3. The van der Waals surface area contributed by atoms with Gasteiger partial charge < -0.3 is 4.90 Å². The number of benzene rings is 1. The van der Waals surface area contributed by atoms with Gasteiger partial charge in [0.05, 0.1) is 28.6 Å². The van der Waals surface area contributed by atoms with Gasteiger partial charge in [-0.15, -0.1) is 0 Å². The molecule has 0 spiro atoms. The average molecular weight is 430 g/mol. The summed E-state index contributed by atoms with van der Waals surface area (Å²) in [6.45, 7) is 7.18. The molecule has 3 aromatic rings.